The Morgan fingerprint density at radius 2 is 1.68 bits per heavy atom. The van der Waals surface area contributed by atoms with Crippen molar-refractivity contribution in [3.8, 4) is 0 Å². The second-order valence-corrected chi connectivity index (χ2v) is 12.2. The van der Waals surface area contributed by atoms with Gasteiger partial charge in [0.15, 0.2) is 0 Å². The predicted octanol–water partition coefficient (Wildman–Crippen LogP) is 6.63. The Hall–Kier alpha value is -0.550. The van der Waals surface area contributed by atoms with Gasteiger partial charge in [0.1, 0.15) is 0 Å². The van der Waals surface area contributed by atoms with Gasteiger partial charge in [-0.1, -0.05) is 18.5 Å². The molecule has 0 radical (unpaired) electrons. The highest BCUT2D eigenvalue weighted by atomic mass is 35.5. The van der Waals surface area contributed by atoms with E-state index in [-0.39, 0.29) is 30.7 Å². The Kier molecular flexibility index (Phi) is 10.00. The van der Waals surface area contributed by atoms with Crippen molar-refractivity contribution in [3.63, 3.8) is 0 Å². The average molecular weight is 531 g/mol. The van der Waals surface area contributed by atoms with Crippen molar-refractivity contribution in [2.24, 2.45) is 29.1 Å². The number of nitrogens with one attached hydrogen (secondary N) is 2. The quantitative estimate of drug-likeness (QED) is 0.371. The molecule has 1 amide bonds. The van der Waals surface area contributed by atoms with E-state index in [2.05, 4.69) is 22.5 Å². The van der Waals surface area contributed by atoms with Crippen LogP contribution in [0.2, 0.25) is 5.02 Å². The molecule has 2 N–H and O–H groups in total. The van der Waals surface area contributed by atoms with Gasteiger partial charge >= 0.3 is 0 Å². The molecule has 0 unspecified atom stereocenters. The standard InChI is InChI=1S/C27H40ClN3O.2ClH/c1-18-4-6-22(7-5-18)29-8-2-3-23-12-24(25(28)16-30-23)26(32)31-17-27-13-19-9-20(14-27)11-21(10-19)15-27;;/h12,16,18-22,29H,2-11,13-15,17H2,1H3,(H,31,32);2*1H. The average Bonchev–Trinajstić information content (AvgIpc) is 2.76. The molecule has 7 heteroatoms. The number of pyridine rings is 1. The summed E-state index contributed by atoms with van der Waals surface area (Å²) in [6.07, 6.45) is 17.1. The molecule has 34 heavy (non-hydrogen) atoms. The van der Waals surface area contributed by atoms with Gasteiger partial charge in [-0.2, -0.15) is 0 Å². The molecule has 1 aromatic rings. The maximum atomic E-state index is 13.0. The highest BCUT2D eigenvalue weighted by Crippen LogP contribution is 2.59. The Balaban J connectivity index is 0.00000162. The SMILES string of the molecule is CC1CCC(NCCCc2cc(C(=O)NCC34CC5CC(CC(C5)C3)C4)c(Cl)cn2)CC1.Cl.Cl. The third-order valence-corrected chi connectivity index (χ3v) is 9.31. The van der Waals surface area contributed by atoms with Gasteiger partial charge < -0.3 is 10.6 Å². The van der Waals surface area contributed by atoms with E-state index in [1.54, 1.807) is 6.20 Å². The first-order valence-electron chi connectivity index (χ1n) is 13.1. The summed E-state index contributed by atoms with van der Waals surface area (Å²) in [6.45, 7) is 4.18. The van der Waals surface area contributed by atoms with Gasteiger partial charge in [-0.3, -0.25) is 9.78 Å². The minimum Gasteiger partial charge on any atom is -0.351 e. The second kappa shape index (κ2) is 12.1. The summed E-state index contributed by atoms with van der Waals surface area (Å²) in [7, 11) is 0. The number of aromatic nitrogens is 1. The van der Waals surface area contributed by atoms with Crippen molar-refractivity contribution in [2.45, 2.75) is 90.0 Å². The van der Waals surface area contributed by atoms with Crippen LogP contribution in [0.15, 0.2) is 12.3 Å². The van der Waals surface area contributed by atoms with Crippen LogP contribution >= 0.6 is 36.4 Å². The zero-order valence-corrected chi connectivity index (χ0v) is 22.9. The maximum absolute atomic E-state index is 13.0. The maximum Gasteiger partial charge on any atom is 0.252 e. The van der Waals surface area contributed by atoms with Crippen molar-refractivity contribution < 1.29 is 4.79 Å². The van der Waals surface area contributed by atoms with Crippen LogP contribution in [0.5, 0.6) is 0 Å². The Labute approximate surface area is 223 Å². The van der Waals surface area contributed by atoms with E-state index in [4.69, 9.17) is 11.6 Å². The van der Waals surface area contributed by atoms with E-state index in [0.717, 1.165) is 55.3 Å². The number of aryl methyl sites for hydroxylation is 1. The molecule has 5 saturated carbocycles. The molecule has 0 aromatic carbocycles. The fourth-order valence-electron chi connectivity index (χ4n) is 7.70. The molecule has 0 atom stereocenters. The van der Waals surface area contributed by atoms with E-state index in [9.17, 15) is 4.79 Å². The molecule has 1 heterocycles. The summed E-state index contributed by atoms with van der Waals surface area (Å²) in [5, 5.41) is 7.45. The first kappa shape index (κ1) is 28.0. The number of halogens is 3. The fourth-order valence-corrected chi connectivity index (χ4v) is 7.89. The largest absolute Gasteiger partial charge is 0.351 e. The number of hydrogen-bond donors (Lipinski definition) is 2. The summed E-state index contributed by atoms with van der Waals surface area (Å²) < 4.78 is 0. The molecule has 5 aliphatic carbocycles. The van der Waals surface area contributed by atoms with Gasteiger partial charge in [-0.25, -0.2) is 0 Å². The van der Waals surface area contributed by atoms with E-state index in [1.165, 1.54) is 64.2 Å². The second-order valence-electron chi connectivity index (χ2n) is 11.8. The van der Waals surface area contributed by atoms with Crippen LogP contribution in [0.3, 0.4) is 0 Å². The lowest BCUT2D eigenvalue weighted by Gasteiger charge is -2.56. The first-order chi connectivity index (χ1) is 15.5. The van der Waals surface area contributed by atoms with Crippen LogP contribution in [-0.4, -0.2) is 30.0 Å². The lowest BCUT2D eigenvalue weighted by Crippen LogP contribution is -2.51. The number of carbonyl (C=O) groups is 1. The minimum atomic E-state index is -0.0242. The highest BCUT2D eigenvalue weighted by molar-refractivity contribution is 6.33. The summed E-state index contributed by atoms with van der Waals surface area (Å²) in [4.78, 5) is 17.5. The summed E-state index contributed by atoms with van der Waals surface area (Å²) >= 11 is 6.38. The summed E-state index contributed by atoms with van der Waals surface area (Å²) in [5.74, 6) is 3.57. The van der Waals surface area contributed by atoms with Crippen molar-refractivity contribution in [3.05, 3.63) is 28.5 Å². The topological polar surface area (TPSA) is 54.0 Å². The van der Waals surface area contributed by atoms with E-state index in [1.807, 2.05) is 6.07 Å². The van der Waals surface area contributed by atoms with E-state index in [0.29, 0.717) is 22.0 Å². The Morgan fingerprint density at radius 3 is 2.29 bits per heavy atom. The molecule has 1 aromatic heterocycles. The molecular weight excluding hydrogens is 489 g/mol. The molecule has 192 valence electrons. The van der Waals surface area contributed by atoms with Crippen LogP contribution in [-0.2, 0) is 6.42 Å². The molecule has 0 spiro atoms. The van der Waals surface area contributed by atoms with Gasteiger partial charge in [0.2, 0.25) is 0 Å². The van der Waals surface area contributed by atoms with Crippen molar-refractivity contribution in [1.82, 2.24) is 15.6 Å². The summed E-state index contributed by atoms with van der Waals surface area (Å²) in [5.41, 5.74) is 1.90. The van der Waals surface area contributed by atoms with Crippen LogP contribution in [0.25, 0.3) is 0 Å². The third-order valence-electron chi connectivity index (χ3n) is 9.00. The van der Waals surface area contributed by atoms with Gasteiger partial charge in [0, 0.05) is 24.5 Å². The first-order valence-corrected chi connectivity index (χ1v) is 13.5. The zero-order valence-electron chi connectivity index (χ0n) is 20.5. The minimum absolute atomic E-state index is 0. The van der Waals surface area contributed by atoms with Crippen LogP contribution in [0, 0.1) is 29.1 Å². The predicted molar refractivity (Wildman–Crippen MR) is 144 cm³/mol. The zero-order chi connectivity index (χ0) is 22.1. The molecule has 0 aliphatic heterocycles. The molecular formula is C27H42Cl3N3O. The van der Waals surface area contributed by atoms with Crippen LogP contribution in [0.4, 0.5) is 0 Å². The molecule has 6 rings (SSSR count). The van der Waals surface area contributed by atoms with Gasteiger partial charge in [-0.05, 0) is 119 Å². The van der Waals surface area contributed by atoms with Crippen molar-refractivity contribution in [1.29, 1.82) is 0 Å². The lowest BCUT2D eigenvalue weighted by atomic mass is 9.49. The number of rotatable bonds is 8. The number of amides is 1. The van der Waals surface area contributed by atoms with Gasteiger partial charge in [0.05, 0.1) is 10.6 Å². The van der Waals surface area contributed by atoms with Crippen LogP contribution in [0.1, 0.15) is 93.6 Å². The summed E-state index contributed by atoms with van der Waals surface area (Å²) in [6, 6.07) is 2.59. The Morgan fingerprint density at radius 1 is 1.06 bits per heavy atom. The van der Waals surface area contributed by atoms with E-state index >= 15 is 0 Å². The highest BCUT2D eigenvalue weighted by Gasteiger charge is 2.50. The van der Waals surface area contributed by atoms with Gasteiger partial charge in [0.25, 0.3) is 5.91 Å². The van der Waals surface area contributed by atoms with Gasteiger partial charge in [-0.15, -0.1) is 24.8 Å². The monoisotopic (exact) mass is 529 g/mol. The molecule has 4 bridgehead atoms. The molecule has 5 aliphatic rings. The molecule has 0 saturated heterocycles. The number of hydrogen-bond acceptors (Lipinski definition) is 3. The Bertz CT molecular complexity index is 790. The molecule has 4 nitrogen and oxygen atoms in total. The number of carbonyl (C=O) groups excluding carboxylic acids is 1. The fraction of sp³-hybridized carbons (Fsp3) is 0.778. The van der Waals surface area contributed by atoms with Crippen LogP contribution < -0.4 is 10.6 Å². The smallest absolute Gasteiger partial charge is 0.252 e. The van der Waals surface area contributed by atoms with Crippen molar-refractivity contribution in [2.75, 3.05) is 13.1 Å². The van der Waals surface area contributed by atoms with E-state index < -0.39 is 0 Å². The molecule has 5 fully saturated rings. The normalized spacial score (nSPS) is 33.6. The lowest BCUT2D eigenvalue weighted by molar-refractivity contribution is -0.0503. The third kappa shape index (κ3) is 6.60. The number of nitrogens with zero attached hydrogens (tertiary/aromatic N) is 1. The van der Waals surface area contributed by atoms with Crippen molar-refractivity contribution >= 4 is 42.3 Å².